The Kier molecular flexibility index (Phi) is 9.53. The van der Waals surface area contributed by atoms with E-state index in [2.05, 4.69) is 44.2 Å². The number of methoxy groups -OCH3 is 1. The summed E-state index contributed by atoms with van der Waals surface area (Å²) in [6.45, 7) is 2.90. The van der Waals surface area contributed by atoms with Gasteiger partial charge in [-0.3, -0.25) is 4.99 Å². The number of nitrogens with zero attached hydrogens (tertiary/aromatic N) is 2. The number of hydrogen-bond donors (Lipinski definition) is 2. The molecule has 7 nitrogen and oxygen atoms in total. The fourth-order valence-electron chi connectivity index (χ4n) is 3.34. The molecule has 2 aromatic rings. The number of hydrogen-bond acceptors (Lipinski definition) is 4. The molecule has 0 bridgehead atoms. The molecule has 0 aromatic heterocycles. The van der Waals surface area contributed by atoms with Gasteiger partial charge in [-0.2, -0.15) is 0 Å². The highest BCUT2D eigenvalue weighted by Crippen LogP contribution is 2.18. The van der Waals surface area contributed by atoms with Gasteiger partial charge in [-0.05, 0) is 35.2 Å². The summed E-state index contributed by atoms with van der Waals surface area (Å²) in [4.78, 5) is 6.89. The molecule has 0 saturated heterocycles. The molecule has 0 radical (unpaired) electrons. The number of ether oxygens (including phenoxy) is 1. The first-order valence-corrected chi connectivity index (χ1v) is 11.1. The molecule has 3 rings (SSSR count). The molecule has 1 aliphatic rings. The fourth-order valence-corrected chi connectivity index (χ4v) is 4.35. The summed E-state index contributed by atoms with van der Waals surface area (Å²) in [6, 6.07) is 15.4. The monoisotopic (exact) mass is 544 g/mol. The van der Waals surface area contributed by atoms with Crippen LogP contribution in [0.2, 0.25) is 0 Å². The van der Waals surface area contributed by atoms with Crippen LogP contribution in [0.15, 0.2) is 58.4 Å². The summed E-state index contributed by atoms with van der Waals surface area (Å²) in [7, 11) is -0.197. The molecule has 2 N–H and O–H groups in total. The minimum atomic E-state index is -3.51. The summed E-state index contributed by atoms with van der Waals surface area (Å²) in [5.74, 6) is 0.845. The van der Waals surface area contributed by atoms with E-state index in [1.165, 1.54) is 18.2 Å². The van der Waals surface area contributed by atoms with Gasteiger partial charge in [0.25, 0.3) is 0 Å². The number of fused-ring (bicyclic) bond motifs is 1. The van der Waals surface area contributed by atoms with E-state index in [0.29, 0.717) is 13.2 Å². The Morgan fingerprint density at radius 2 is 1.83 bits per heavy atom. The lowest BCUT2D eigenvalue weighted by atomic mass is 10.0. The van der Waals surface area contributed by atoms with Crippen molar-refractivity contribution in [3.8, 4) is 0 Å². The van der Waals surface area contributed by atoms with Crippen LogP contribution in [-0.4, -0.2) is 53.1 Å². The number of sulfonamides is 1. The van der Waals surface area contributed by atoms with Crippen molar-refractivity contribution < 1.29 is 13.2 Å². The van der Waals surface area contributed by atoms with Gasteiger partial charge in [0, 0.05) is 40.3 Å². The molecule has 0 fully saturated rings. The Bertz CT molecular complexity index is 949. The van der Waals surface area contributed by atoms with Gasteiger partial charge in [0.05, 0.1) is 11.5 Å². The number of benzene rings is 2. The van der Waals surface area contributed by atoms with E-state index >= 15 is 0 Å². The average molecular weight is 544 g/mol. The van der Waals surface area contributed by atoms with E-state index in [4.69, 9.17) is 4.74 Å². The van der Waals surface area contributed by atoms with Gasteiger partial charge in [-0.25, -0.2) is 13.1 Å². The van der Waals surface area contributed by atoms with Crippen molar-refractivity contribution in [2.45, 2.75) is 24.4 Å². The lowest BCUT2D eigenvalue weighted by molar-refractivity contribution is 0.204. The lowest BCUT2D eigenvalue weighted by Gasteiger charge is -2.31. The van der Waals surface area contributed by atoms with Crippen molar-refractivity contribution in [3.05, 3.63) is 65.2 Å². The molecule has 1 aliphatic heterocycles. The van der Waals surface area contributed by atoms with Gasteiger partial charge < -0.3 is 15.0 Å². The third-order valence-corrected chi connectivity index (χ3v) is 6.40. The third kappa shape index (κ3) is 6.40. The van der Waals surface area contributed by atoms with Gasteiger partial charge in [-0.15, -0.1) is 24.0 Å². The molecule has 0 amide bonds. The number of nitrogens with one attached hydrogen (secondary N) is 2. The predicted molar refractivity (Wildman–Crippen MR) is 130 cm³/mol. The zero-order valence-electron chi connectivity index (χ0n) is 17.3. The highest BCUT2D eigenvalue weighted by Gasteiger charge is 2.18. The van der Waals surface area contributed by atoms with Crippen molar-refractivity contribution in [1.29, 1.82) is 0 Å². The van der Waals surface area contributed by atoms with Crippen molar-refractivity contribution in [2.24, 2.45) is 4.99 Å². The smallest absolute Gasteiger partial charge is 0.240 e. The maximum Gasteiger partial charge on any atom is 0.240 e. The minimum absolute atomic E-state index is 0. The summed E-state index contributed by atoms with van der Waals surface area (Å²) in [5.41, 5.74) is 3.71. The highest BCUT2D eigenvalue weighted by molar-refractivity contribution is 14.0. The normalized spacial score (nSPS) is 14.1. The first kappa shape index (κ1) is 24.6. The van der Waals surface area contributed by atoms with Crippen LogP contribution in [0.5, 0.6) is 0 Å². The molecule has 2 aromatic carbocycles. The molecule has 9 heteroatoms. The van der Waals surface area contributed by atoms with E-state index in [1.54, 1.807) is 19.2 Å². The molecule has 0 spiro atoms. The van der Waals surface area contributed by atoms with E-state index in [1.807, 2.05) is 12.1 Å². The van der Waals surface area contributed by atoms with E-state index < -0.39 is 10.0 Å². The SMILES string of the molecule is CN=C(NCc1ccc(S(=O)(=O)NCCOC)cc1)N1CCc2ccccc2C1.I. The van der Waals surface area contributed by atoms with Crippen LogP contribution in [0.3, 0.4) is 0 Å². The standard InChI is InChI=1S/C21H28N4O3S.HI/c1-22-21(25-13-11-18-5-3-4-6-19(18)16-25)23-15-17-7-9-20(10-8-17)29(26,27)24-12-14-28-2;/h3-10,24H,11-16H2,1-2H3,(H,22,23);1H. The number of halogens is 1. The average Bonchev–Trinajstić information content (AvgIpc) is 2.74. The second-order valence-electron chi connectivity index (χ2n) is 6.88. The maximum absolute atomic E-state index is 12.2. The van der Waals surface area contributed by atoms with Crippen LogP contribution in [0.25, 0.3) is 0 Å². The molecule has 0 saturated carbocycles. The quantitative estimate of drug-likeness (QED) is 0.242. The molecular formula is C21H29IN4O3S. The van der Waals surface area contributed by atoms with Gasteiger partial charge in [-0.1, -0.05) is 36.4 Å². The Morgan fingerprint density at radius 1 is 1.13 bits per heavy atom. The van der Waals surface area contributed by atoms with Crippen LogP contribution < -0.4 is 10.0 Å². The van der Waals surface area contributed by atoms with E-state index in [9.17, 15) is 8.42 Å². The highest BCUT2D eigenvalue weighted by atomic mass is 127. The molecule has 30 heavy (non-hydrogen) atoms. The zero-order chi connectivity index (χ0) is 20.7. The Hall–Kier alpha value is -1.69. The van der Waals surface area contributed by atoms with Gasteiger partial charge in [0.2, 0.25) is 10.0 Å². The second kappa shape index (κ2) is 11.6. The first-order valence-electron chi connectivity index (χ1n) is 9.63. The number of guanidine groups is 1. The van der Waals surface area contributed by atoms with Crippen LogP contribution in [0.1, 0.15) is 16.7 Å². The summed E-state index contributed by atoms with van der Waals surface area (Å²) in [5, 5.41) is 3.38. The molecule has 164 valence electrons. The topological polar surface area (TPSA) is 83.0 Å². The van der Waals surface area contributed by atoms with Gasteiger partial charge in [0.1, 0.15) is 0 Å². The lowest BCUT2D eigenvalue weighted by Crippen LogP contribution is -2.43. The summed E-state index contributed by atoms with van der Waals surface area (Å²) in [6.07, 6.45) is 1.000. The molecule has 0 aliphatic carbocycles. The van der Waals surface area contributed by atoms with Gasteiger partial charge >= 0.3 is 0 Å². The number of aliphatic imine (C=N–C) groups is 1. The molecule has 0 atom stereocenters. The summed E-state index contributed by atoms with van der Waals surface area (Å²) >= 11 is 0. The Balaban J connectivity index is 0.00000320. The second-order valence-corrected chi connectivity index (χ2v) is 8.64. The maximum atomic E-state index is 12.2. The van der Waals surface area contributed by atoms with Crippen molar-refractivity contribution >= 4 is 40.0 Å². The largest absolute Gasteiger partial charge is 0.383 e. The van der Waals surface area contributed by atoms with Crippen LogP contribution in [0, 0.1) is 0 Å². The Labute approximate surface area is 196 Å². The predicted octanol–water partition coefficient (Wildman–Crippen LogP) is 2.36. The van der Waals surface area contributed by atoms with Crippen LogP contribution >= 0.6 is 24.0 Å². The van der Waals surface area contributed by atoms with Gasteiger partial charge in [0.15, 0.2) is 5.96 Å². The van der Waals surface area contributed by atoms with E-state index in [-0.39, 0.29) is 35.4 Å². The van der Waals surface area contributed by atoms with Crippen LogP contribution in [0.4, 0.5) is 0 Å². The molecule has 1 heterocycles. The van der Waals surface area contributed by atoms with E-state index in [0.717, 1.165) is 31.0 Å². The summed E-state index contributed by atoms with van der Waals surface area (Å²) < 4.78 is 31.8. The Morgan fingerprint density at radius 3 is 2.50 bits per heavy atom. The fraction of sp³-hybridized carbons (Fsp3) is 0.381. The first-order chi connectivity index (χ1) is 14.0. The zero-order valence-corrected chi connectivity index (χ0v) is 20.4. The van der Waals surface area contributed by atoms with Crippen molar-refractivity contribution in [1.82, 2.24) is 14.9 Å². The third-order valence-electron chi connectivity index (χ3n) is 4.92. The van der Waals surface area contributed by atoms with Crippen LogP contribution in [-0.2, 0) is 34.3 Å². The van der Waals surface area contributed by atoms with Crippen molar-refractivity contribution in [3.63, 3.8) is 0 Å². The van der Waals surface area contributed by atoms with Crippen molar-refractivity contribution in [2.75, 3.05) is 33.9 Å². The number of rotatable bonds is 7. The minimum Gasteiger partial charge on any atom is -0.383 e. The molecule has 0 unspecified atom stereocenters. The molecular weight excluding hydrogens is 515 g/mol.